The third-order valence-electron chi connectivity index (χ3n) is 2.05. The first-order chi connectivity index (χ1) is 7.68. The van der Waals surface area contributed by atoms with Crippen molar-refractivity contribution in [2.24, 2.45) is 0 Å². The predicted molar refractivity (Wildman–Crippen MR) is 64.4 cm³/mol. The molecular weight excluding hydrogens is 292 g/mol. The fraction of sp³-hybridized carbons (Fsp3) is 0.200. The molecule has 0 spiro atoms. The lowest BCUT2D eigenvalue weighted by Gasteiger charge is -2.01. The van der Waals surface area contributed by atoms with Gasteiger partial charge < -0.3 is 9.73 Å². The number of rotatable bonds is 3. The van der Waals surface area contributed by atoms with E-state index in [9.17, 15) is 4.79 Å². The number of aromatic nitrogens is 1. The first-order valence-corrected chi connectivity index (χ1v) is 6.26. The molecule has 0 saturated carbocycles. The van der Waals surface area contributed by atoms with Crippen molar-refractivity contribution in [3.05, 3.63) is 38.6 Å². The Hall–Kier alpha value is -1.14. The second-order valence-electron chi connectivity index (χ2n) is 3.14. The normalized spacial score (nSPS) is 10.4. The first kappa shape index (κ1) is 11.3. The highest BCUT2D eigenvalue weighted by molar-refractivity contribution is 9.10. The number of nitrogens with one attached hydrogen (secondary N) is 1. The summed E-state index contributed by atoms with van der Waals surface area (Å²) in [6.07, 6.45) is 1.27. The Bertz CT molecular complexity index is 506. The summed E-state index contributed by atoms with van der Waals surface area (Å²) in [5.41, 5.74) is 0.600. The minimum absolute atomic E-state index is 0.240. The van der Waals surface area contributed by atoms with Gasteiger partial charge in [0.25, 0.3) is 5.91 Å². The minimum atomic E-state index is -0.240. The molecule has 0 aliphatic rings. The van der Waals surface area contributed by atoms with E-state index < -0.39 is 0 Å². The number of carbonyl (C=O) groups excluding carboxylic acids is 1. The maximum absolute atomic E-state index is 11.7. The number of nitrogens with zero attached hydrogens (tertiary/aromatic N) is 1. The van der Waals surface area contributed by atoms with E-state index in [1.54, 1.807) is 18.3 Å². The van der Waals surface area contributed by atoms with E-state index in [1.807, 2.05) is 11.4 Å². The number of hydrogen-bond acceptors (Lipinski definition) is 4. The van der Waals surface area contributed by atoms with Crippen LogP contribution in [0.2, 0.25) is 0 Å². The van der Waals surface area contributed by atoms with Crippen molar-refractivity contribution in [2.45, 2.75) is 13.5 Å². The van der Waals surface area contributed by atoms with Crippen LogP contribution >= 0.6 is 27.3 Å². The van der Waals surface area contributed by atoms with E-state index >= 15 is 0 Å². The quantitative estimate of drug-likeness (QED) is 0.948. The highest BCUT2D eigenvalue weighted by atomic mass is 79.9. The zero-order valence-electron chi connectivity index (χ0n) is 8.49. The van der Waals surface area contributed by atoms with E-state index in [-0.39, 0.29) is 11.7 Å². The summed E-state index contributed by atoms with van der Waals surface area (Å²) >= 11 is 4.99. The fourth-order valence-electron chi connectivity index (χ4n) is 1.21. The highest BCUT2D eigenvalue weighted by Gasteiger charge is 2.13. The molecule has 1 amide bonds. The van der Waals surface area contributed by atoms with E-state index in [1.165, 1.54) is 6.39 Å². The number of oxazole rings is 1. The van der Waals surface area contributed by atoms with Crippen LogP contribution in [-0.4, -0.2) is 10.9 Å². The first-order valence-electron chi connectivity index (χ1n) is 4.58. The number of hydrogen-bond donors (Lipinski definition) is 1. The zero-order chi connectivity index (χ0) is 11.5. The molecular formula is C10H9BrN2O2S. The molecule has 84 valence electrons. The van der Waals surface area contributed by atoms with Gasteiger partial charge in [-0.3, -0.25) is 4.79 Å². The van der Waals surface area contributed by atoms with Crippen LogP contribution in [0.5, 0.6) is 0 Å². The Labute approximate surface area is 105 Å². The van der Waals surface area contributed by atoms with Crippen LogP contribution in [0, 0.1) is 6.92 Å². The van der Waals surface area contributed by atoms with Gasteiger partial charge in [0.1, 0.15) is 0 Å². The summed E-state index contributed by atoms with van der Waals surface area (Å²) in [6, 6.07) is 1.95. The Kier molecular flexibility index (Phi) is 3.40. The maximum Gasteiger partial charge on any atom is 0.289 e. The molecule has 16 heavy (non-hydrogen) atoms. The summed E-state index contributed by atoms with van der Waals surface area (Å²) in [4.78, 5) is 16.6. The van der Waals surface area contributed by atoms with E-state index in [2.05, 4.69) is 26.2 Å². The minimum Gasteiger partial charge on any atom is -0.438 e. The third kappa shape index (κ3) is 2.33. The van der Waals surface area contributed by atoms with Gasteiger partial charge in [-0.15, -0.1) is 11.3 Å². The predicted octanol–water partition coefficient (Wildman–Crippen LogP) is 2.74. The molecule has 2 aromatic heterocycles. The van der Waals surface area contributed by atoms with Gasteiger partial charge in [0.15, 0.2) is 6.39 Å². The molecule has 0 aliphatic carbocycles. The standard InChI is InChI=1S/C10H9BrN2O2S/c1-6-9(15-5-13-6)10(14)12-4-8-7(11)2-3-16-8/h2-3,5H,4H2,1H3,(H,12,14). The van der Waals surface area contributed by atoms with Crippen molar-refractivity contribution in [3.8, 4) is 0 Å². The number of carbonyl (C=O) groups is 1. The Morgan fingerprint density at radius 1 is 1.69 bits per heavy atom. The lowest BCUT2D eigenvalue weighted by atomic mass is 10.3. The average Bonchev–Trinajstić information content (AvgIpc) is 2.84. The van der Waals surface area contributed by atoms with E-state index in [4.69, 9.17) is 4.42 Å². The molecule has 0 bridgehead atoms. The molecule has 0 saturated heterocycles. The van der Waals surface area contributed by atoms with Gasteiger partial charge in [0.05, 0.1) is 12.2 Å². The van der Waals surface area contributed by atoms with Gasteiger partial charge in [-0.2, -0.15) is 0 Å². The molecule has 0 unspecified atom stereocenters. The summed E-state index contributed by atoms with van der Waals surface area (Å²) in [6.45, 7) is 2.22. The molecule has 2 heterocycles. The Morgan fingerprint density at radius 2 is 2.50 bits per heavy atom. The van der Waals surface area contributed by atoms with Crippen molar-refractivity contribution >= 4 is 33.2 Å². The molecule has 4 nitrogen and oxygen atoms in total. The lowest BCUT2D eigenvalue weighted by molar-refractivity contribution is 0.0922. The van der Waals surface area contributed by atoms with E-state index in [0.717, 1.165) is 9.35 Å². The van der Waals surface area contributed by atoms with Gasteiger partial charge in [-0.05, 0) is 34.3 Å². The summed E-state index contributed by atoms with van der Waals surface area (Å²) in [5, 5.41) is 4.74. The fourth-order valence-corrected chi connectivity index (χ4v) is 2.64. The van der Waals surface area contributed by atoms with Gasteiger partial charge in [0, 0.05) is 9.35 Å². The van der Waals surface area contributed by atoms with Crippen LogP contribution in [0.25, 0.3) is 0 Å². The number of aryl methyl sites for hydroxylation is 1. The second kappa shape index (κ2) is 4.80. The topological polar surface area (TPSA) is 55.1 Å². The molecule has 0 aliphatic heterocycles. The van der Waals surface area contributed by atoms with Crippen LogP contribution in [-0.2, 0) is 6.54 Å². The number of thiophene rings is 1. The van der Waals surface area contributed by atoms with Gasteiger partial charge in [0.2, 0.25) is 5.76 Å². The van der Waals surface area contributed by atoms with Crippen molar-refractivity contribution in [2.75, 3.05) is 0 Å². The number of halogens is 1. The van der Waals surface area contributed by atoms with Crippen LogP contribution in [0.15, 0.2) is 26.7 Å². The van der Waals surface area contributed by atoms with Crippen LogP contribution < -0.4 is 5.32 Å². The highest BCUT2D eigenvalue weighted by Crippen LogP contribution is 2.22. The maximum atomic E-state index is 11.7. The summed E-state index contributed by atoms with van der Waals surface area (Å²) in [5.74, 6) is 0.0305. The van der Waals surface area contributed by atoms with Crippen LogP contribution in [0.1, 0.15) is 21.1 Å². The zero-order valence-corrected chi connectivity index (χ0v) is 10.9. The SMILES string of the molecule is Cc1ncoc1C(=O)NCc1sccc1Br. The third-order valence-corrected chi connectivity index (χ3v) is 3.98. The van der Waals surface area contributed by atoms with Crippen LogP contribution in [0.3, 0.4) is 0 Å². The monoisotopic (exact) mass is 300 g/mol. The second-order valence-corrected chi connectivity index (χ2v) is 5.00. The smallest absolute Gasteiger partial charge is 0.289 e. The van der Waals surface area contributed by atoms with Crippen molar-refractivity contribution < 1.29 is 9.21 Å². The summed E-state index contributed by atoms with van der Waals surface area (Å²) < 4.78 is 6.00. The van der Waals surface area contributed by atoms with Gasteiger partial charge in [-0.1, -0.05) is 0 Å². The van der Waals surface area contributed by atoms with Crippen molar-refractivity contribution in [1.29, 1.82) is 0 Å². The summed E-state index contributed by atoms with van der Waals surface area (Å²) in [7, 11) is 0. The molecule has 0 fully saturated rings. The molecule has 0 atom stereocenters. The lowest BCUT2D eigenvalue weighted by Crippen LogP contribution is -2.22. The molecule has 2 aromatic rings. The molecule has 2 rings (SSSR count). The van der Waals surface area contributed by atoms with Gasteiger partial charge >= 0.3 is 0 Å². The molecule has 6 heteroatoms. The van der Waals surface area contributed by atoms with Crippen LogP contribution in [0.4, 0.5) is 0 Å². The van der Waals surface area contributed by atoms with E-state index in [0.29, 0.717) is 12.2 Å². The Balaban J connectivity index is 1.99. The van der Waals surface area contributed by atoms with Gasteiger partial charge in [-0.25, -0.2) is 4.98 Å². The molecule has 0 aromatic carbocycles. The largest absolute Gasteiger partial charge is 0.438 e. The molecule has 0 radical (unpaired) electrons. The molecule has 1 N–H and O–H groups in total. The number of amides is 1. The van der Waals surface area contributed by atoms with Crippen molar-refractivity contribution in [3.63, 3.8) is 0 Å². The van der Waals surface area contributed by atoms with Crippen molar-refractivity contribution in [1.82, 2.24) is 10.3 Å². The Morgan fingerprint density at radius 3 is 3.06 bits per heavy atom. The average molecular weight is 301 g/mol.